The summed E-state index contributed by atoms with van der Waals surface area (Å²) in [5.41, 5.74) is 2.40. The highest BCUT2D eigenvalue weighted by molar-refractivity contribution is 5.34. The minimum Gasteiger partial charge on any atom is -0.354 e. The van der Waals surface area contributed by atoms with E-state index in [9.17, 15) is 10.1 Å². The van der Waals surface area contributed by atoms with E-state index in [0.29, 0.717) is 0 Å². The van der Waals surface area contributed by atoms with Crippen LogP contribution in [0.5, 0.6) is 0 Å². The molecule has 0 atom stereocenters. The molecule has 0 bridgehead atoms. The predicted octanol–water partition coefficient (Wildman–Crippen LogP) is 2.52. The fourth-order valence-electron chi connectivity index (χ4n) is 1.62. The molecule has 1 aromatic carbocycles. The van der Waals surface area contributed by atoms with Crippen LogP contribution in [-0.4, -0.2) is 9.49 Å². The van der Waals surface area contributed by atoms with Gasteiger partial charge in [-0.15, -0.1) is 0 Å². The van der Waals surface area contributed by atoms with Gasteiger partial charge in [-0.05, 0) is 17.7 Å². The van der Waals surface area contributed by atoms with Gasteiger partial charge in [-0.25, -0.2) is 0 Å². The number of hydrogen-bond acceptors (Lipinski definition) is 2. The van der Waals surface area contributed by atoms with Crippen molar-refractivity contribution in [1.82, 2.24) is 4.57 Å². The number of aromatic nitrogens is 1. The van der Waals surface area contributed by atoms with Crippen LogP contribution >= 0.6 is 0 Å². The maximum absolute atomic E-state index is 10.5. The van der Waals surface area contributed by atoms with Gasteiger partial charge in [0.25, 0.3) is 5.69 Å². The van der Waals surface area contributed by atoms with Crippen molar-refractivity contribution < 1.29 is 4.92 Å². The third-order valence-corrected chi connectivity index (χ3v) is 2.58. The highest BCUT2D eigenvalue weighted by Gasteiger charge is 2.05. The Morgan fingerprint density at radius 1 is 1.25 bits per heavy atom. The summed E-state index contributed by atoms with van der Waals surface area (Å²) in [6, 6.07) is 10.7. The van der Waals surface area contributed by atoms with Gasteiger partial charge in [0.2, 0.25) is 0 Å². The van der Waals surface area contributed by atoms with Gasteiger partial charge in [0.05, 0.1) is 4.92 Å². The van der Waals surface area contributed by atoms with Crippen LogP contribution < -0.4 is 0 Å². The lowest BCUT2D eigenvalue weighted by molar-refractivity contribution is -0.384. The van der Waals surface area contributed by atoms with Gasteiger partial charge < -0.3 is 4.57 Å². The molecule has 0 aliphatic heterocycles. The van der Waals surface area contributed by atoms with Crippen LogP contribution in [0.3, 0.4) is 0 Å². The van der Waals surface area contributed by atoms with Gasteiger partial charge in [0.1, 0.15) is 0 Å². The lowest BCUT2D eigenvalue weighted by Crippen LogP contribution is -1.96. The van der Waals surface area contributed by atoms with Crippen molar-refractivity contribution in [1.29, 1.82) is 0 Å². The minimum atomic E-state index is -0.383. The smallest absolute Gasteiger partial charge is 0.269 e. The first-order chi connectivity index (χ1) is 7.66. The first-order valence-electron chi connectivity index (χ1n) is 5.00. The molecular formula is C12H12N2O2. The Hall–Kier alpha value is -2.10. The average Bonchev–Trinajstić information content (AvgIpc) is 2.65. The highest BCUT2D eigenvalue weighted by Crippen LogP contribution is 2.15. The molecule has 0 unspecified atom stereocenters. The van der Waals surface area contributed by atoms with E-state index in [2.05, 4.69) is 0 Å². The molecule has 0 aliphatic rings. The number of nitro benzene ring substituents is 1. The zero-order valence-corrected chi connectivity index (χ0v) is 8.96. The third-order valence-electron chi connectivity index (χ3n) is 2.58. The number of benzene rings is 1. The quantitative estimate of drug-likeness (QED) is 0.584. The Labute approximate surface area is 93.3 Å². The minimum absolute atomic E-state index is 0.135. The number of rotatable bonds is 3. The lowest BCUT2D eigenvalue weighted by atomic mass is 10.1. The van der Waals surface area contributed by atoms with E-state index in [1.807, 2.05) is 29.9 Å². The summed E-state index contributed by atoms with van der Waals surface area (Å²) in [7, 11) is 1.99. The Morgan fingerprint density at radius 3 is 2.44 bits per heavy atom. The normalized spacial score (nSPS) is 10.3. The summed E-state index contributed by atoms with van der Waals surface area (Å²) >= 11 is 0. The van der Waals surface area contributed by atoms with Crippen molar-refractivity contribution >= 4 is 5.69 Å². The molecule has 0 amide bonds. The molecule has 4 heteroatoms. The topological polar surface area (TPSA) is 48.1 Å². The van der Waals surface area contributed by atoms with Crippen LogP contribution in [0.4, 0.5) is 5.69 Å². The summed E-state index contributed by atoms with van der Waals surface area (Å²) in [6.07, 6.45) is 2.78. The van der Waals surface area contributed by atoms with Crippen LogP contribution in [0, 0.1) is 10.1 Å². The lowest BCUT2D eigenvalue weighted by Gasteiger charge is -2.03. The second kappa shape index (κ2) is 4.18. The Kier molecular flexibility index (Phi) is 2.72. The first kappa shape index (κ1) is 10.4. The van der Waals surface area contributed by atoms with Crippen LogP contribution in [-0.2, 0) is 13.5 Å². The number of aryl methyl sites for hydroxylation is 1. The van der Waals surface area contributed by atoms with Crippen LogP contribution in [0.2, 0.25) is 0 Å². The van der Waals surface area contributed by atoms with Gasteiger partial charge in [-0.2, -0.15) is 0 Å². The molecule has 1 heterocycles. The number of hydrogen-bond donors (Lipinski definition) is 0. The van der Waals surface area contributed by atoms with Crippen molar-refractivity contribution in [3.8, 4) is 0 Å². The van der Waals surface area contributed by atoms with E-state index in [-0.39, 0.29) is 10.6 Å². The van der Waals surface area contributed by atoms with Crippen LogP contribution in [0.15, 0.2) is 42.6 Å². The van der Waals surface area contributed by atoms with E-state index in [1.165, 1.54) is 17.8 Å². The zero-order valence-electron chi connectivity index (χ0n) is 8.96. The van der Waals surface area contributed by atoms with Gasteiger partial charge in [-0.3, -0.25) is 10.1 Å². The largest absolute Gasteiger partial charge is 0.354 e. The fourth-order valence-corrected chi connectivity index (χ4v) is 1.62. The zero-order chi connectivity index (χ0) is 11.5. The van der Waals surface area contributed by atoms with Crippen molar-refractivity contribution in [3.05, 3.63) is 64.0 Å². The molecule has 1 aromatic heterocycles. The predicted molar refractivity (Wildman–Crippen MR) is 61.3 cm³/mol. The molecule has 4 nitrogen and oxygen atoms in total. The Bertz CT molecular complexity index is 500. The summed E-state index contributed by atoms with van der Waals surface area (Å²) in [5.74, 6) is 0. The van der Waals surface area contributed by atoms with Crippen molar-refractivity contribution in [3.63, 3.8) is 0 Å². The molecule has 0 fully saturated rings. The second-order valence-corrected chi connectivity index (χ2v) is 3.71. The van der Waals surface area contributed by atoms with Crippen LogP contribution in [0.1, 0.15) is 11.3 Å². The molecule has 2 rings (SSSR count). The summed E-state index contributed by atoms with van der Waals surface area (Å²) in [4.78, 5) is 10.1. The van der Waals surface area contributed by atoms with Gasteiger partial charge in [-0.1, -0.05) is 12.1 Å². The summed E-state index contributed by atoms with van der Waals surface area (Å²) < 4.78 is 2.04. The van der Waals surface area contributed by atoms with Crippen molar-refractivity contribution in [2.45, 2.75) is 6.42 Å². The van der Waals surface area contributed by atoms with Gasteiger partial charge in [0.15, 0.2) is 0 Å². The molecule has 0 saturated carbocycles. The Morgan fingerprint density at radius 2 is 1.94 bits per heavy atom. The molecule has 0 saturated heterocycles. The summed E-state index contributed by atoms with van der Waals surface area (Å²) in [5, 5.41) is 10.5. The molecule has 2 aromatic rings. The maximum Gasteiger partial charge on any atom is 0.269 e. The van der Waals surface area contributed by atoms with E-state index in [0.717, 1.165) is 12.0 Å². The van der Waals surface area contributed by atoms with E-state index < -0.39 is 0 Å². The first-order valence-corrected chi connectivity index (χ1v) is 5.00. The maximum atomic E-state index is 10.5. The number of non-ortho nitro benzene ring substituents is 1. The highest BCUT2D eigenvalue weighted by atomic mass is 16.6. The van der Waals surface area contributed by atoms with E-state index >= 15 is 0 Å². The molecule has 82 valence electrons. The third kappa shape index (κ3) is 2.11. The van der Waals surface area contributed by atoms with Crippen LogP contribution in [0.25, 0.3) is 0 Å². The molecule has 0 aliphatic carbocycles. The average molecular weight is 216 g/mol. The SMILES string of the molecule is Cn1cccc1Cc1ccc([N+](=O)[O-])cc1. The number of nitrogens with zero attached hydrogens (tertiary/aromatic N) is 2. The molecular weight excluding hydrogens is 204 g/mol. The summed E-state index contributed by atoms with van der Waals surface area (Å²) in [6.45, 7) is 0. The Balaban J connectivity index is 2.17. The van der Waals surface area contributed by atoms with Crippen molar-refractivity contribution in [2.24, 2.45) is 7.05 Å². The second-order valence-electron chi connectivity index (χ2n) is 3.71. The van der Waals surface area contributed by atoms with Gasteiger partial charge >= 0.3 is 0 Å². The molecule has 0 radical (unpaired) electrons. The number of nitro groups is 1. The van der Waals surface area contributed by atoms with Gasteiger partial charge in [0, 0.05) is 37.5 Å². The van der Waals surface area contributed by atoms with E-state index in [1.54, 1.807) is 12.1 Å². The molecule has 0 spiro atoms. The molecule has 16 heavy (non-hydrogen) atoms. The monoisotopic (exact) mass is 216 g/mol. The fraction of sp³-hybridized carbons (Fsp3) is 0.167. The standard InChI is InChI=1S/C12H12N2O2/c1-13-8-2-3-12(13)9-10-4-6-11(7-5-10)14(15)16/h2-8H,9H2,1H3. The van der Waals surface area contributed by atoms with E-state index in [4.69, 9.17) is 0 Å². The molecule has 0 N–H and O–H groups in total. The van der Waals surface area contributed by atoms with Crippen molar-refractivity contribution in [2.75, 3.05) is 0 Å².